The lowest BCUT2D eigenvalue weighted by atomic mass is 10.1. The van der Waals surface area contributed by atoms with E-state index in [0.717, 1.165) is 0 Å². The number of Topliss-reactive ketones (excluding diaryl/α,β-unsaturated/α-hetero) is 1. The van der Waals surface area contributed by atoms with Crippen LogP contribution in [-0.2, 0) is 22.4 Å². The summed E-state index contributed by atoms with van der Waals surface area (Å²) in [4.78, 5) is 24.1. The van der Waals surface area contributed by atoms with Gasteiger partial charge in [0, 0.05) is 0 Å². The van der Waals surface area contributed by atoms with Gasteiger partial charge in [-0.1, -0.05) is 13.8 Å². The Morgan fingerprint density at radius 2 is 1.96 bits per heavy atom. The van der Waals surface area contributed by atoms with Crippen LogP contribution in [0, 0.1) is 11.3 Å². The van der Waals surface area contributed by atoms with Crippen molar-refractivity contribution in [3.05, 3.63) is 41.2 Å². The van der Waals surface area contributed by atoms with Crippen molar-refractivity contribution >= 4 is 11.7 Å². The van der Waals surface area contributed by atoms with Crippen LogP contribution in [-0.4, -0.2) is 21.5 Å². The minimum Gasteiger partial charge on any atom is -0.453 e. The molecule has 8 heteroatoms. The summed E-state index contributed by atoms with van der Waals surface area (Å²) in [6, 6.07) is 7.56. The largest absolute Gasteiger partial charge is 0.453 e. The summed E-state index contributed by atoms with van der Waals surface area (Å²) in [5.74, 6) is 5.25. The molecule has 0 fully saturated rings. The van der Waals surface area contributed by atoms with Gasteiger partial charge in [-0.2, -0.15) is 10.4 Å². The predicted octanol–water partition coefficient (Wildman–Crippen LogP) is 1.79. The molecule has 0 spiro atoms. The van der Waals surface area contributed by atoms with Gasteiger partial charge in [0.1, 0.15) is 11.4 Å². The zero-order chi connectivity index (χ0) is 19.3. The molecule has 1 heterocycles. The maximum Gasteiger partial charge on any atom is 0.266 e. The Bertz CT molecular complexity index is 849. The third-order valence-corrected chi connectivity index (χ3v) is 3.92. The van der Waals surface area contributed by atoms with Gasteiger partial charge in [0.2, 0.25) is 0 Å². The SMILES string of the molecule is CCc1nn(C(C(C)=O)C(=O)NN)c(CC)c1Oc1ccc(C#N)cc1. The van der Waals surface area contributed by atoms with Crippen LogP contribution in [0.25, 0.3) is 0 Å². The number of nitrogens with one attached hydrogen (secondary N) is 1. The number of aryl methyl sites for hydroxylation is 1. The van der Waals surface area contributed by atoms with Crippen molar-refractivity contribution in [2.75, 3.05) is 0 Å². The molecule has 0 bridgehead atoms. The summed E-state index contributed by atoms with van der Waals surface area (Å²) in [5, 5.41) is 13.3. The number of rotatable bonds is 7. The second-order valence-corrected chi connectivity index (χ2v) is 5.63. The highest BCUT2D eigenvalue weighted by Gasteiger charge is 2.30. The quantitative estimate of drug-likeness (QED) is 0.338. The molecule has 1 atom stereocenters. The summed E-state index contributed by atoms with van der Waals surface area (Å²) in [6.45, 7) is 5.10. The van der Waals surface area contributed by atoms with Crippen LogP contribution >= 0.6 is 0 Å². The van der Waals surface area contributed by atoms with E-state index in [1.165, 1.54) is 11.6 Å². The molecule has 136 valence electrons. The number of nitrogens with two attached hydrogens (primary N) is 1. The Morgan fingerprint density at radius 1 is 1.31 bits per heavy atom. The van der Waals surface area contributed by atoms with Gasteiger partial charge in [-0.25, -0.2) is 10.5 Å². The van der Waals surface area contributed by atoms with E-state index in [1.54, 1.807) is 24.3 Å². The van der Waals surface area contributed by atoms with Gasteiger partial charge in [0.25, 0.3) is 5.91 Å². The predicted molar refractivity (Wildman–Crippen MR) is 94.3 cm³/mol. The zero-order valence-corrected chi connectivity index (χ0v) is 14.9. The second kappa shape index (κ2) is 8.27. The monoisotopic (exact) mass is 355 g/mol. The number of hydrogen-bond donors (Lipinski definition) is 2. The number of carbonyl (C=O) groups is 2. The molecule has 1 aromatic carbocycles. The molecule has 1 aromatic heterocycles. The number of ketones is 1. The molecule has 0 aliphatic rings. The molecule has 0 saturated heterocycles. The topological polar surface area (TPSA) is 123 Å². The summed E-state index contributed by atoms with van der Waals surface area (Å²) in [6.07, 6.45) is 1.06. The number of benzene rings is 1. The van der Waals surface area contributed by atoms with E-state index in [-0.39, 0.29) is 5.78 Å². The molecule has 0 radical (unpaired) electrons. The second-order valence-electron chi connectivity index (χ2n) is 5.63. The number of nitriles is 1. The molecule has 2 rings (SSSR count). The van der Waals surface area contributed by atoms with Crippen LogP contribution in [0.1, 0.15) is 43.8 Å². The number of ether oxygens (including phenoxy) is 1. The van der Waals surface area contributed by atoms with E-state index in [1.807, 2.05) is 25.3 Å². The number of hydrazine groups is 1. The maximum atomic E-state index is 12.1. The van der Waals surface area contributed by atoms with Crippen LogP contribution in [0.4, 0.5) is 0 Å². The minimum absolute atomic E-state index is 0.377. The third-order valence-electron chi connectivity index (χ3n) is 3.92. The van der Waals surface area contributed by atoms with Crippen molar-refractivity contribution in [3.8, 4) is 17.6 Å². The fourth-order valence-corrected chi connectivity index (χ4v) is 2.65. The van der Waals surface area contributed by atoms with Crippen molar-refractivity contribution in [1.82, 2.24) is 15.2 Å². The number of amides is 1. The Kier molecular flexibility index (Phi) is 6.09. The van der Waals surface area contributed by atoms with Gasteiger partial charge in [-0.05, 0) is 44.0 Å². The van der Waals surface area contributed by atoms with Crippen molar-refractivity contribution in [2.45, 2.75) is 39.7 Å². The van der Waals surface area contributed by atoms with Gasteiger partial charge < -0.3 is 4.74 Å². The summed E-state index contributed by atoms with van der Waals surface area (Å²) in [7, 11) is 0. The molecule has 0 aliphatic heterocycles. The van der Waals surface area contributed by atoms with Gasteiger partial charge in [-0.3, -0.25) is 15.0 Å². The summed E-state index contributed by atoms with van der Waals surface area (Å²) < 4.78 is 7.36. The summed E-state index contributed by atoms with van der Waals surface area (Å²) in [5.41, 5.74) is 3.78. The van der Waals surface area contributed by atoms with E-state index in [4.69, 9.17) is 15.8 Å². The number of aromatic nitrogens is 2. The van der Waals surface area contributed by atoms with E-state index in [9.17, 15) is 9.59 Å². The molecule has 0 aliphatic carbocycles. The molecule has 1 amide bonds. The smallest absolute Gasteiger partial charge is 0.266 e. The normalized spacial score (nSPS) is 11.5. The highest BCUT2D eigenvalue weighted by molar-refractivity contribution is 6.02. The maximum absolute atomic E-state index is 12.1. The van der Waals surface area contributed by atoms with Gasteiger partial charge in [0.15, 0.2) is 17.6 Å². The lowest BCUT2D eigenvalue weighted by molar-refractivity contribution is -0.132. The average Bonchev–Trinajstić information content (AvgIpc) is 2.98. The zero-order valence-electron chi connectivity index (χ0n) is 14.9. The van der Waals surface area contributed by atoms with Crippen molar-refractivity contribution < 1.29 is 14.3 Å². The molecule has 1 unspecified atom stereocenters. The average molecular weight is 355 g/mol. The van der Waals surface area contributed by atoms with Gasteiger partial charge in [0.05, 0.1) is 17.3 Å². The van der Waals surface area contributed by atoms with Crippen LogP contribution in [0.5, 0.6) is 11.5 Å². The molecule has 3 N–H and O–H groups in total. The highest BCUT2D eigenvalue weighted by atomic mass is 16.5. The van der Waals surface area contributed by atoms with Gasteiger partial charge in [-0.15, -0.1) is 0 Å². The van der Waals surface area contributed by atoms with Crippen LogP contribution in [0.3, 0.4) is 0 Å². The molecular formula is C18H21N5O3. The van der Waals surface area contributed by atoms with Gasteiger partial charge >= 0.3 is 0 Å². The number of carbonyl (C=O) groups excluding carboxylic acids is 2. The van der Waals surface area contributed by atoms with Crippen molar-refractivity contribution in [1.29, 1.82) is 5.26 Å². The summed E-state index contributed by atoms with van der Waals surface area (Å²) >= 11 is 0. The van der Waals surface area contributed by atoms with E-state index in [0.29, 0.717) is 41.3 Å². The Balaban J connectivity index is 2.51. The first kappa shape index (κ1) is 19.1. The molecule has 8 nitrogen and oxygen atoms in total. The molecule has 0 saturated carbocycles. The Labute approximate surface area is 151 Å². The first-order valence-electron chi connectivity index (χ1n) is 8.25. The number of hydrogen-bond acceptors (Lipinski definition) is 6. The third kappa shape index (κ3) is 3.73. The first-order valence-corrected chi connectivity index (χ1v) is 8.25. The molecular weight excluding hydrogens is 334 g/mol. The fraction of sp³-hybridized carbons (Fsp3) is 0.333. The minimum atomic E-state index is -1.15. The first-order chi connectivity index (χ1) is 12.5. The molecule has 26 heavy (non-hydrogen) atoms. The van der Waals surface area contributed by atoms with Crippen molar-refractivity contribution in [3.63, 3.8) is 0 Å². The van der Waals surface area contributed by atoms with Crippen LogP contribution in [0.2, 0.25) is 0 Å². The Hall–Kier alpha value is -3.18. The molecule has 2 aromatic rings. The Morgan fingerprint density at radius 3 is 2.42 bits per heavy atom. The van der Waals surface area contributed by atoms with Crippen LogP contribution < -0.4 is 16.0 Å². The fourth-order valence-electron chi connectivity index (χ4n) is 2.65. The van der Waals surface area contributed by atoms with E-state index in [2.05, 4.69) is 5.10 Å². The van der Waals surface area contributed by atoms with E-state index >= 15 is 0 Å². The lowest BCUT2D eigenvalue weighted by Gasteiger charge is -2.16. The lowest BCUT2D eigenvalue weighted by Crippen LogP contribution is -2.41. The van der Waals surface area contributed by atoms with Crippen molar-refractivity contribution in [2.24, 2.45) is 5.84 Å². The number of nitrogens with zero attached hydrogens (tertiary/aromatic N) is 3. The van der Waals surface area contributed by atoms with E-state index < -0.39 is 11.9 Å². The van der Waals surface area contributed by atoms with Crippen LogP contribution in [0.15, 0.2) is 24.3 Å². The highest BCUT2D eigenvalue weighted by Crippen LogP contribution is 2.32. The standard InChI is InChI=1S/C18H21N5O3/c1-4-14-17(26-13-8-6-12(10-19)7-9-13)15(5-2)23(22-14)16(11(3)24)18(25)21-20/h6-9,16H,4-5,20H2,1-3H3,(H,21,25).